The van der Waals surface area contributed by atoms with Crippen molar-refractivity contribution in [1.29, 1.82) is 0 Å². The van der Waals surface area contributed by atoms with E-state index in [0.29, 0.717) is 13.1 Å². The average molecular weight is 403 g/mol. The molecular formula is C22H21F3NOP. The Hall–Kier alpha value is -2.20. The van der Waals surface area contributed by atoms with Crippen LogP contribution in [0.1, 0.15) is 16.7 Å². The van der Waals surface area contributed by atoms with Gasteiger partial charge in [-0.25, -0.2) is 4.67 Å². The molecule has 3 rings (SSSR count). The second-order valence-corrected chi connectivity index (χ2v) is 8.29. The highest BCUT2D eigenvalue weighted by Gasteiger charge is 2.30. The topological polar surface area (TPSA) is 12.5 Å². The summed E-state index contributed by atoms with van der Waals surface area (Å²) in [5.41, 5.74) is 1.29. The summed E-state index contributed by atoms with van der Waals surface area (Å²) < 4.78 is 46.5. The quantitative estimate of drug-likeness (QED) is 0.449. The first-order valence-corrected chi connectivity index (χ1v) is 10.0. The summed E-state index contributed by atoms with van der Waals surface area (Å²) in [7, 11) is 0.587. The van der Waals surface area contributed by atoms with Gasteiger partial charge in [0.1, 0.15) is 8.30 Å². The molecule has 1 unspecified atom stereocenters. The number of rotatable bonds is 7. The average Bonchev–Trinajstić information content (AvgIpc) is 2.70. The van der Waals surface area contributed by atoms with Crippen molar-refractivity contribution in [2.45, 2.75) is 19.3 Å². The van der Waals surface area contributed by atoms with E-state index in [9.17, 15) is 13.2 Å². The largest absolute Gasteiger partial charge is 0.416 e. The smallest absolute Gasteiger partial charge is 0.343 e. The van der Waals surface area contributed by atoms with Crippen LogP contribution >= 0.6 is 8.30 Å². The van der Waals surface area contributed by atoms with Crippen LogP contribution in [0.25, 0.3) is 0 Å². The van der Waals surface area contributed by atoms with Gasteiger partial charge in [-0.3, -0.25) is 0 Å². The van der Waals surface area contributed by atoms with E-state index < -0.39 is 20.0 Å². The molecule has 0 aliphatic rings. The van der Waals surface area contributed by atoms with Gasteiger partial charge >= 0.3 is 6.18 Å². The molecule has 0 saturated heterocycles. The summed E-state index contributed by atoms with van der Waals surface area (Å²) in [4.78, 5) is 0. The lowest BCUT2D eigenvalue weighted by Crippen LogP contribution is -2.23. The molecule has 0 bridgehead atoms. The maximum Gasteiger partial charge on any atom is 0.416 e. The number of halogens is 3. The van der Waals surface area contributed by atoms with Gasteiger partial charge in [-0.15, -0.1) is 0 Å². The molecule has 0 amide bonds. The summed E-state index contributed by atoms with van der Waals surface area (Å²) in [6, 6.07) is 25.2. The maximum absolute atomic E-state index is 12.8. The van der Waals surface area contributed by atoms with E-state index in [2.05, 4.69) is 4.67 Å². The Bertz CT molecular complexity index is 854. The van der Waals surface area contributed by atoms with Crippen LogP contribution in [0.15, 0.2) is 84.9 Å². The predicted octanol–water partition coefficient (Wildman–Crippen LogP) is 5.99. The van der Waals surface area contributed by atoms with Crippen molar-refractivity contribution in [3.8, 4) is 0 Å². The van der Waals surface area contributed by atoms with Gasteiger partial charge in [-0.05, 0) is 23.3 Å². The molecule has 3 aromatic carbocycles. The maximum atomic E-state index is 12.8. The summed E-state index contributed by atoms with van der Waals surface area (Å²) in [5.74, 6) is 0. The molecule has 0 fully saturated rings. The molecule has 2 nitrogen and oxygen atoms in total. The predicted molar refractivity (Wildman–Crippen MR) is 107 cm³/mol. The van der Waals surface area contributed by atoms with Crippen LogP contribution in [0.5, 0.6) is 0 Å². The number of benzene rings is 3. The third-order valence-corrected chi connectivity index (χ3v) is 6.14. The minimum Gasteiger partial charge on any atom is -0.343 e. The van der Waals surface area contributed by atoms with Gasteiger partial charge in [0.2, 0.25) is 0 Å². The van der Waals surface area contributed by atoms with Crippen LogP contribution in [-0.4, -0.2) is 11.8 Å². The van der Waals surface area contributed by atoms with Crippen molar-refractivity contribution >= 4 is 13.6 Å². The Kier molecular flexibility index (Phi) is 6.84. The van der Waals surface area contributed by atoms with E-state index in [1.165, 1.54) is 12.1 Å². The van der Waals surface area contributed by atoms with Gasteiger partial charge in [0.25, 0.3) is 0 Å². The normalized spacial score (nSPS) is 12.9. The van der Waals surface area contributed by atoms with Crippen molar-refractivity contribution in [2.75, 3.05) is 7.11 Å². The zero-order chi connectivity index (χ0) is 20.0. The minimum atomic E-state index is -4.33. The lowest BCUT2D eigenvalue weighted by atomic mass is 10.1. The minimum absolute atomic E-state index is 0.488. The van der Waals surface area contributed by atoms with Crippen LogP contribution in [0.4, 0.5) is 13.2 Å². The molecule has 0 heterocycles. The fourth-order valence-corrected chi connectivity index (χ4v) is 4.71. The fraction of sp³-hybridized carbons (Fsp3) is 0.182. The van der Waals surface area contributed by atoms with E-state index in [-0.39, 0.29) is 0 Å². The summed E-state index contributed by atoms with van der Waals surface area (Å²) in [5, 5.41) is 1.06. The van der Waals surface area contributed by atoms with Crippen molar-refractivity contribution < 1.29 is 17.7 Å². The van der Waals surface area contributed by atoms with E-state index in [1.54, 1.807) is 7.11 Å². The van der Waals surface area contributed by atoms with Crippen molar-refractivity contribution in [1.82, 2.24) is 4.67 Å². The van der Waals surface area contributed by atoms with Gasteiger partial charge in [-0.2, -0.15) is 13.2 Å². The standard InChI is InChI=1S/C22H21F3NOP/c1-27-28(21-10-6-3-7-11-21)26(16-18-8-4-2-5-9-18)17-19-12-14-20(15-13-19)22(23,24)25/h2-15H,16-17H2,1H3. The highest BCUT2D eigenvalue weighted by atomic mass is 31.2. The highest BCUT2D eigenvalue weighted by Crippen LogP contribution is 2.42. The molecule has 0 radical (unpaired) electrons. The lowest BCUT2D eigenvalue weighted by molar-refractivity contribution is -0.137. The number of hydrogen-bond acceptors (Lipinski definition) is 2. The Morgan fingerprint density at radius 1 is 0.750 bits per heavy atom. The third kappa shape index (κ3) is 5.41. The monoisotopic (exact) mass is 403 g/mol. The van der Waals surface area contributed by atoms with E-state index in [1.807, 2.05) is 60.7 Å². The molecule has 0 saturated carbocycles. The molecule has 1 atom stereocenters. The number of nitrogens with zero attached hydrogens (tertiary/aromatic N) is 1. The van der Waals surface area contributed by atoms with Gasteiger partial charge in [0.05, 0.1) is 5.56 Å². The Morgan fingerprint density at radius 3 is 1.75 bits per heavy atom. The summed E-state index contributed by atoms with van der Waals surface area (Å²) in [6.45, 7) is 1.12. The van der Waals surface area contributed by atoms with E-state index in [4.69, 9.17) is 4.52 Å². The number of alkyl halides is 3. The second-order valence-electron chi connectivity index (χ2n) is 6.29. The molecule has 3 aromatic rings. The molecule has 0 aliphatic heterocycles. The molecular weight excluding hydrogens is 382 g/mol. The van der Waals surface area contributed by atoms with E-state index in [0.717, 1.165) is 28.6 Å². The van der Waals surface area contributed by atoms with Gasteiger partial charge in [0, 0.05) is 25.5 Å². The van der Waals surface area contributed by atoms with Gasteiger partial charge in [-0.1, -0.05) is 72.8 Å². The van der Waals surface area contributed by atoms with Crippen molar-refractivity contribution in [3.05, 3.63) is 102 Å². The Balaban J connectivity index is 1.87. The highest BCUT2D eigenvalue weighted by molar-refractivity contribution is 7.58. The van der Waals surface area contributed by atoms with Crippen molar-refractivity contribution in [2.24, 2.45) is 0 Å². The van der Waals surface area contributed by atoms with Crippen LogP contribution < -0.4 is 5.30 Å². The molecule has 0 aromatic heterocycles. The molecule has 0 spiro atoms. The fourth-order valence-electron chi connectivity index (χ4n) is 2.93. The first-order valence-electron chi connectivity index (χ1n) is 8.81. The number of hydrogen-bond donors (Lipinski definition) is 0. The Morgan fingerprint density at radius 2 is 1.25 bits per heavy atom. The zero-order valence-electron chi connectivity index (χ0n) is 15.4. The van der Waals surface area contributed by atoms with Crippen LogP contribution in [0, 0.1) is 0 Å². The van der Waals surface area contributed by atoms with E-state index >= 15 is 0 Å². The third-order valence-electron chi connectivity index (χ3n) is 4.26. The van der Waals surface area contributed by atoms with Crippen molar-refractivity contribution in [3.63, 3.8) is 0 Å². The van der Waals surface area contributed by atoms with Crippen LogP contribution in [0.2, 0.25) is 0 Å². The Labute approximate surface area is 164 Å². The summed E-state index contributed by atoms with van der Waals surface area (Å²) in [6.07, 6.45) is -4.33. The molecule has 146 valence electrons. The summed E-state index contributed by atoms with van der Waals surface area (Å²) >= 11 is 0. The molecule has 28 heavy (non-hydrogen) atoms. The van der Waals surface area contributed by atoms with Gasteiger partial charge in [0.15, 0.2) is 0 Å². The first kappa shape index (κ1) is 20.5. The second kappa shape index (κ2) is 9.33. The molecule has 0 aliphatic carbocycles. The molecule has 6 heteroatoms. The van der Waals surface area contributed by atoms with Gasteiger partial charge < -0.3 is 4.52 Å². The first-order chi connectivity index (χ1) is 13.5. The van der Waals surface area contributed by atoms with Crippen LogP contribution in [-0.2, 0) is 23.8 Å². The molecule has 0 N–H and O–H groups in total. The lowest BCUT2D eigenvalue weighted by Gasteiger charge is -2.30. The SMILES string of the molecule is COP(c1ccccc1)N(Cc1ccccc1)Cc1ccc(C(F)(F)F)cc1. The van der Waals surface area contributed by atoms with Crippen LogP contribution in [0.3, 0.4) is 0 Å². The zero-order valence-corrected chi connectivity index (χ0v) is 16.3.